The summed E-state index contributed by atoms with van der Waals surface area (Å²) in [5.41, 5.74) is 7.28. The predicted octanol–water partition coefficient (Wildman–Crippen LogP) is 6.99. The van der Waals surface area contributed by atoms with Gasteiger partial charge in [0.15, 0.2) is 0 Å². The molecule has 2 aromatic rings. The van der Waals surface area contributed by atoms with Crippen molar-refractivity contribution in [3.8, 4) is 11.1 Å². The molecular formula is C20H16Br2. The second-order valence-electron chi connectivity index (χ2n) is 6.01. The molecule has 0 atom stereocenters. The van der Waals surface area contributed by atoms with Crippen molar-refractivity contribution in [2.45, 2.75) is 25.2 Å². The van der Waals surface area contributed by atoms with Crippen LogP contribution in [0.2, 0.25) is 0 Å². The van der Waals surface area contributed by atoms with Gasteiger partial charge in [-0.25, -0.2) is 0 Å². The molecule has 0 saturated heterocycles. The quantitative estimate of drug-likeness (QED) is 0.506. The van der Waals surface area contributed by atoms with E-state index < -0.39 is 0 Å². The molecule has 22 heavy (non-hydrogen) atoms. The van der Waals surface area contributed by atoms with Gasteiger partial charge in [-0.15, -0.1) is 0 Å². The fraction of sp³-hybridized carbons (Fsp3) is 0.200. The molecule has 0 radical (unpaired) electrons. The summed E-state index contributed by atoms with van der Waals surface area (Å²) < 4.78 is 2.34. The smallest absolute Gasteiger partial charge is 0.0178 e. The number of benzene rings is 2. The molecule has 110 valence electrons. The molecule has 2 aliphatic rings. The van der Waals surface area contributed by atoms with Crippen LogP contribution in [0.3, 0.4) is 0 Å². The molecule has 2 aromatic carbocycles. The number of allylic oxidation sites excluding steroid dienone is 4. The van der Waals surface area contributed by atoms with E-state index in [9.17, 15) is 0 Å². The third-order valence-corrected chi connectivity index (χ3v) is 5.66. The fourth-order valence-corrected chi connectivity index (χ4v) is 4.38. The first-order valence-electron chi connectivity index (χ1n) is 7.66. The normalized spacial score (nSPS) is 15.8. The fourth-order valence-electron chi connectivity index (χ4n) is 3.62. The molecule has 0 fully saturated rings. The highest BCUT2D eigenvalue weighted by molar-refractivity contribution is 9.10. The van der Waals surface area contributed by atoms with Gasteiger partial charge in [-0.05, 0) is 65.8 Å². The monoisotopic (exact) mass is 414 g/mol. The Morgan fingerprint density at radius 2 is 1.55 bits per heavy atom. The first-order valence-corrected chi connectivity index (χ1v) is 9.25. The lowest BCUT2D eigenvalue weighted by molar-refractivity contribution is 0.718. The molecule has 4 rings (SSSR count). The summed E-state index contributed by atoms with van der Waals surface area (Å²) in [6.07, 6.45) is 10.2. The minimum atomic E-state index is 0.501. The van der Waals surface area contributed by atoms with E-state index in [0.717, 1.165) is 6.42 Å². The largest absolute Gasteiger partial charge is 0.0805 e. The highest BCUT2D eigenvalue weighted by Crippen LogP contribution is 2.48. The average molecular weight is 416 g/mol. The van der Waals surface area contributed by atoms with Gasteiger partial charge in [-0.3, -0.25) is 0 Å². The molecule has 0 amide bonds. The number of rotatable bonds is 3. The van der Waals surface area contributed by atoms with Gasteiger partial charge in [0.25, 0.3) is 0 Å². The standard InChI is InChI=1S/C20H16Br2/c21-14-6-9-16-17-10-7-15(22)12-20(17)18(19(16)11-14)8-5-13-3-1-2-4-13/h1-3,6-7,9-12,18H,4-5,8H2. The van der Waals surface area contributed by atoms with Crippen LogP contribution in [-0.4, -0.2) is 0 Å². The van der Waals surface area contributed by atoms with Crippen molar-refractivity contribution in [2.24, 2.45) is 0 Å². The van der Waals surface area contributed by atoms with E-state index in [0.29, 0.717) is 5.92 Å². The predicted molar refractivity (Wildman–Crippen MR) is 100 cm³/mol. The van der Waals surface area contributed by atoms with Crippen LogP contribution in [0, 0.1) is 0 Å². The number of hydrogen-bond acceptors (Lipinski definition) is 0. The van der Waals surface area contributed by atoms with Crippen LogP contribution in [0.1, 0.15) is 36.3 Å². The van der Waals surface area contributed by atoms with Crippen LogP contribution < -0.4 is 0 Å². The van der Waals surface area contributed by atoms with E-state index in [-0.39, 0.29) is 0 Å². The average Bonchev–Trinajstić information content (AvgIpc) is 3.10. The first kappa shape index (κ1) is 14.5. The molecule has 0 N–H and O–H groups in total. The van der Waals surface area contributed by atoms with Crippen LogP contribution in [0.5, 0.6) is 0 Å². The Hall–Kier alpha value is -1.12. The van der Waals surface area contributed by atoms with Gasteiger partial charge in [-0.1, -0.05) is 67.8 Å². The van der Waals surface area contributed by atoms with Crippen LogP contribution in [0.25, 0.3) is 11.1 Å². The Morgan fingerprint density at radius 1 is 0.909 bits per heavy atom. The van der Waals surface area contributed by atoms with Gasteiger partial charge in [0.1, 0.15) is 0 Å². The molecule has 0 nitrogen and oxygen atoms in total. The number of fused-ring (bicyclic) bond motifs is 3. The Morgan fingerprint density at radius 3 is 2.09 bits per heavy atom. The molecule has 2 aliphatic carbocycles. The summed E-state index contributed by atoms with van der Waals surface area (Å²) in [5, 5.41) is 0. The van der Waals surface area contributed by atoms with Crippen molar-refractivity contribution in [3.63, 3.8) is 0 Å². The summed E-state index contributed by atoms with van der Waals surface area (Å²) in [5.74, 6) is 0.501. The van der Waals surface area contributed by atoms with Gasteiger partial charge in [0.2, 0.25) is 0 Å². The SMILES string of the molecule is Brc1ccc2c(c1)C(CCC1=CC=CC1)c1cc(Br)ccc1-2. The summed E-state index contributed by atoms with van der Waals surface area (Å²) in [6, 6.07) is 13.4. The Labute approximate surface area is 148 Å². The van der Waals surface area contributed by atoms with Gasteiger partial charge >= 0.3 is 0 Å². The summed E-state index contributed by atoms with van der Waals surface area (Å²) >= 11 is 7.28. The van der Waals surface area contributed by atoms with Crippen molar-refractivity contribution in [3.05, 3.63) is 80.3 Å². The molecule has 2 heteroatoms. The molecule has 0 bridgehead atoms. The Bertz CT molecular complexity index is 748. The van der Waals surface area contributed by atoms with Crippen molar-refractivity contribution in [1.82, 2.24) is 0 Å². The van der Waals surface area contributed by atoms with E-state index in [1.807, 2.05) is 0 Å². The zero-order valence-corrected chi connectivity index (χ0v) is 15.3. The summed E-state index contributed by atoms with van der Waals surface area (Å²) in [7, 11) is 0. The lowest BCUT2D eigenvalue weighted by atomic mass is 9.90. The van der Waals surface area contributed by atoms with Crippen LogP contribution in [0.4, 0.5) is 0 Å². The lowest BCUT2D eigenvalue weighted by Gasteiger charge is -2.14. The van der Waals surface area contributed by atoms with Gasteiger partial charge in [0.05, 0.1) is 0 Å². The maximum atomic E-state index is 3.64. The van der Waals surface area contributed by atoms with Crippen molar-refractivity contribution in [2.75, 3.05) is 0 Å². The molecule has 0 heterocycles. The molecular weight excluding hydrogens is 400 g/mol. The lowest BCUT2D eigenvalue weighted by Crippen LogP contribution is -1.98. The van der Waals surface area contributed by atoms with Gasteiger partial charge < -0.3 is 0 Å². The zero-order chi connectivity index (χ0) is 15.1. The third-order valence-electron chi connectivity index (χ3n) is 4.67. The molecule has 0 aliphatic heterocycles. The van der Waals surface area contributed by atoms with Crippen molar-refractivity contribution >= 4 is 31.9 Å². The third kappa shape index (κ3) is 2.53. The first-order chi connectivity index (χ1) is 10.7. The Balaban J connectivity index is 1.73. The van der Waals surface area contributed by atoms with Crippen molar-refractivity contribution in [1.29, 1.82) is 0 Å². The molecule has 0 spiro atoms. The van der Waals surface area contributed by atoms with E-state index in [1.165, 1.54) is 44.0 Å². The summed E-state index contributed by atoms with van der Waals surface area (Å²) in [6.45, 7) is 0. The highest BCUT2D eigenvalue weighted by atomic mass is 79.9. The Kier molecular flexibility index (Phi) is 3.83. The van der Waals surface area contributed by atoms with E-state index in [4.69, 9.17) is 0 Å². The maximum Gasteiger partial charge on any atom is 0.0178 e. The zero-order valence-electron chi connectivity index (χ0n) is 12.2. The van der Waals surface area contributed by atoms with Gasteiger partial charge in [-0.2, -0.15) is 0 Å². The van der Waals surface area contributed by atoms with Gasteiger partial charge in [0, 0.05) is 14.9 Å². The van der Waals surface area contributed by atoms with Crippen LogP contribution >= 0.6 is 31.9 Å². The maximum absolute atomic E-state index is 3.64. The molecule has 0 aromatic heterocycles. The van der Waals surface area contributed by atoms with E-state index >= 15 is 0 Å². The van der Waals surface area contributed by atoms with E-state index in [2.05, 4.69) is 86.5 Å². The number of halogens is 2. The topological polar surface area (TPSA) is 0 Å². The van der Waals surface area contributed by atoms with Crippen LogP contribution in [-0.2, 0) is 0 Å². The second kappa shape index (κ2) is 5.82. The second-order valence-corrected chi connectivity index (χ2v) is 7.84. The van der Waals surface area contributed by atoms with Crippen molar-refractivity contribution < 1.29 is 0 Å². The van der Waals surface area contributed by atoms with Crippen LogP contribution in [0.15, 0.2) is 69.1 Å². The molecule has 0 unspecified atom stereocenters. The number of hydrogen-bond donors (Lipinski definition) is 0. The minimum absolute atomic E-state index is 0.501. The molecule has 0 saturated carbocycles. The highest BCUT2D eigenvalue weighted by Gasteiger charge is 2.28. The minimum Gasteiger partial charge on any atom is -0.0805 e. The summed E-state index contributed by atoms with van der Waals surface area (Å²) in [4.78, 5) is 0. The van der Waals surface area contributed by atoms with E-state index in [1.54, 1.807) is 5.57 Å².